The Morgan fingerprint density at radius 3 is 1.52 bits per heavy atom. The van der Waals surface area contributed by atoms with Crippen LogP contribution in [-0.2, 0) is 73.4 Å². The number of aromatic nitrogens is 7. The predicted molar refractivity (Wildman–Crippen MR) is 425 cm³/mol. The normalized spacial score (nSPS) is 11.9. The van der Waals surface area contributed by atoms with Gasteiger partial charge < -0.3 is 24.8 Å². The molecule has 0 spiro atoms. The third kappa shape index (κ3) is 21.8. The van der Waals surface area contributed by atoms with Gasteiger partial charge in [0, 0.05) is 117 Å². The second-order valence-electron chi connectivity index (χ2n) is 23.9. The van der Waals surface area contributed by atoms with Gasteiger partial charge in [-0.25, -0.2) is 0 Å². The van der Waals surface area contributed by atoms with Gasteiger partial charge in [-0.15, -0.1) is 156 Å². The molecular weight excluding hydrogens is 1860 g/mol. The Labute approximate surface area is 685 Å². The van der Waals surface area contributed by atoms with E-state index in [9.17, 15) is 0 Å². The Morgan fingerprint density at radius 1 is 0.389 bits per heavy atom. The van der Waals surface area contributed by atoms with E-state index in [0.29, 0.717) is 5.56 Å². The van der Waals surface area contributed by atoms with Crippen molar-refractivity contribution in [2.45, 2.75) is 26.9 Å². The van der Waals surface area contributed by atoms with E-state index in [0.717, 1.165) is 68.8 Å². The average Bonchev–Trinajstić information content (AvgIpc) is 1.59. The predicted octanol–water partition coefficient (Wildman–Crippen LogP) is 20.9. The van der Waals surface area contributed by atoms with Gasteiger partial charge in [0.1, 0.15) is 0 Å². The van der Waals surface area contributed by atoms with Gasteiger partial charge in [-0.3, -0.25) is 9.97 Å². The van der Waals surface area contributed by atoms with Gasteiger partial charge in [-0.1, -0.05) is 139 Å². The molecule has 0 bridgehead atoms. The third-order valence-electron chi connectivity index (χ3n) is 16.8. The van der Waals surface area contributed by atoms with Crippen LogP contribution in [0.25, 0.3) is 89.9 Å². The van der Waals surface area contributed by atoms with Gasteiger partial charge >= 0.3 is 20.1 Å². The van der Waals surface area contributed by atoms with Crippen LogP contribution >= 0.6 is 0 Å². The first-order valence-electron chi connectivity index (χ1n) is 37.7. The van der Waals surface area contributed by atoms with Crippen LogP contribution < -0.4 is 18.9 Å². The maximum absolute atomic E-state index is 7.97. The summed E-state index contributed by atoms with van der Waals surface area (Å²) in [6, 6.07) is 114. The second kappa shape index (κ2) is 41.3. The molecule has 3 aliphatic rings. The molecule has 0 saturated carbocycles. The molecule has 3 aliphatic heterocycles. The molecule has 532 valence electrons. The summed E-state index contributed by atoms with van der Waals surface area (Å²) < 4.78 is 58.4. The summed E-state index contributed by atoms with van der Waals surface area (Å²) in [6.07, 6.45) is 14.9. The van der Waals surface area contributed by atoms with Gasteiger partial charge in [0.15, 0.2) is 25.5 Å². The van der Waals surface area contributed by atoms with Crippen LogP contribution in [0.4, 0.5) is 11.4 Å². The Bertz CT molecular complexity index is 5600. The summed E-state index contributed by atoms with van der Waals surface area (Å²) in [6.45, 7) is 7.30. The summed E-state index contributed by atoms with van der Waals surface area (Å²) in [4.78, 5) is 25.6. The smallest absolute Gasteiger partial charge is 0.500 e. The number of hydrogen-bond acceptors (Lipinski definition) is 7. The minimum absolute atomic E-state index is 0. The van der Waals surface area contributed by atoms with E-state index in [4.69, 9.17) is 9.60 Å². The van der Waals surface area contributed by atoms with E-state index in [2.05, 4.69) is 175 Å². The number of pyridine rings is 5. The number of para-hydroxylation sites is 2. The van der Waals surface area contributed by atoms with Crippen LogP contribution in [0.1, 0.15) is 32.0 Å². The molecule has 9 nitrogen and oxygen atoms in total. The quantitative estimate of drug-likeness (QED) is 0.111. The fourth-order valence-corrected chi connectivity index (χ4v) is 11.5. The van der Waals surface area contributed by atoms with Crippen molar-refractivity contribution in [2.24, 2.45) is 0 Å². The van der Waals surface area contributed by atoms with Crippen LogP contribution in [0.2, 0.25) is 0 Å². The standard InChI is InChI=1S/2C18H14N.C15H12N2.C12H10N.C11H9N2.2C11H8N.3Ir/c1-2-6-14(7-3-1)15-9-10-16-13-19-11-5-4-8-18(19)17(16)12-15;1-14-12-18(16-10-6-3-7-11-16)19-13-17(14)15-8-4-2-5-9-15;1-3-7-14(8-4-1)16-11-12-17(13-16)15-9-5-2-6-10-15;1-2-6-11-10(5-1)9-13-8-4-3-7-12(11)13;1-9-7-8-12-11(13-9)10-5-3-2-4-6-10;2*1-2-6-10(7-3-1)11-8-4-5-9-12-11;;;/h1-12H,13H2;2-10,12-13H,1H3;1-9,11-13H;1-8H,9H2;2-5,7-8H,1H3;2*1-6,8-9H;;;/q+1;-1;-2;+1;3*-1;;;+3/i;;;1D,2D,3D,4D,5D,6D,7D;;;;;;. The number of aryl methyl sites for hydroxylation is 2. The molecule has 0 amide bonds. The van der Waals surface area contributed by atoms with E-state index in [1.54, 1.807) is 23.2 Å². The molecule has 0 atom stereocenters. The summed E-state index contributed by atoms with van der Waals surface area (Å²) in [5.41, 5.74) is 21.4. The van der Waals surface area contributed by atoms with Crippen molar-refractivity contribution >= 4 is 11.4 Å². The molecule has 10 aromatic carbocycles. The molecule has 6 aromatic heterocycles. The zero-order chi connectivity index (χ0) is 77.6. The summed E-state index contributed by atoms with van der Waals surface area (Å²) >= 11 is 0. The van der Waals surface area contributed by atoms with Crippen molar-refractivity contribution < 1.29 is 79.0 Å². The van der Waals surface area contributed by atoms with E-state index < -0.39 is 0 Å². The summed E-state index contributed by atoms with van der Waals surface area (Å²) in [5.74, 6) is 0.737. The van der Waals surface area contributed by atoms with Crippen molar-refractivity contribution in [2.75, 3.05) is 9.80 Å². The molecule has 0 aliphatic carbocycles. The molecule has 108 heavy (non-hydrogen) atoms. The summed E-state index contributed by atoms with van der Waals surface area (Å²) in [5, 5.41) is 0. The van der Waals surface area contributed by atoms with E-state index in [1.165, 1.54) is 50.8 Å². The fourth-order valence-electron chi connectivity index (χ4n) is 11.5. The zero-order valence-electron chi connectivity index (χ0n) is 65.9. The number of rotatable bonds is 8. The van der Waals surface area contributed by atoms with Crippen LogP contribution in [0.15, 0.2) is 389 Å². The molecule has 9 heterocycles. The van der Waals surface area contributed by atoms with Gasteiger partial charge in [-0.05, 0) is 120 Å². The summed E-state index contributed by atoms with van der Waals surface area (Å²) in [7, 11) is 0. The van der Waals surface area contributed by atoms with E-state index >= 15 is 0 Å². The number of fused-ring (bicyclic) bond motifs is 6. The number of anilines is 2. The van der Waals surface area contributed by atoms with Crippen LogP contribution in [-0.4, -0.2) is 24.9 Å². The van der Waals surface area contributed by atoms with Gasteiger partial charge in [0.25, 0.3) is 0 Å². The average molecular weight is 1940 g/mol. The molecule has 2 radical (unpaired) electrons. The first-order chi connectivity index (χ1) is 54.8. The minimum atomic E-state index is -0.344. The fraction of sp³-hybridized carbons (Fsp3) is 0.0417. The zero-order valence-corrected chi connectivity index (χ0v) is 66.1. The second-order valence-corrected chi connectivity index (χ2v) is 23.9. The number of benzene rings is 10. The molecule has 0 saturated heterocycles. The topological polar surface area (TPSA) is 78.7 Å². The monoisotopic (exact) mass is 1940 g/mol. The maximum atomic E-state index is 7.97. The van der Waals surface area contributed by atoms with Crippen LogP contribution in [0.5, 0.6) is 0 Å². The Kier molecular flexibility index (Phi) is 26.5. The molecule has 12 heteroatoms. The van der Waals surface area contributed by atoms with Crippen molar-refractivity contribution in [3.8, 4) is 89.9 Å². The first-order valence-corrected chi connectivity index (χ1v) is 34.2. The van der Waals surface area contributed by atoms with Crippen molar-refractivity contribution in [3.63, 3.8) is 0 Å². The number of hydrogen-bond donors (Lipinski definition) is 0. The molecule has 16 aromatic rings. The number of nitrogens with zero attached hydrogens (tertiary/aromatic N) is 9. The minimum Gasteiger partial charge on any atom is -0.500 e. The first kappa shape index (κ1) is 69.4. The molecule has 0 fully saturated rings. The van der Waals surface area contributed by atoms with Gasteiger partial charge in [0.05, 0.1) is 26.5 Å². The third-order valence-corrected chi connectivity index (χ3v) is 16.8. The largest absolute Gasteiger partial charge is 3.00 e. The van der Waals surface area contributed by atoms with Crippen LogP contribution in [0, 0.1) is 50.8 Å². The Hall–Kier alpha value is -11.7. The van der Waals surface area contributed by atoms with Gasteiger partial charge in [0.2, 0.25) is 11.4 Å². The Morgan fingerprint density at radius 2 is 0.926 bits per heavy atom. The molecule has 0 N–H and O–H groups in total. The van der Waals surface area contributed by atoms with Crippen molar-refractivity contribution in [1.82, 2.24) is 24.9 Å². The molecular formula is C96H75Ir3N9-. The van der Waals surface area contributed by atoms with E-state index in [-0.39, 0.29) is 120 Å². The Balaban J connectivity index is 0.000000142. The SMILES string of the molecule is Cc1cc(-c2[c-]cccc2)ncc1-c1ccccc1.Cc1ccnc(-c2[c-]cccc2)n1.[2H]c1c[n+]2c(c([2H])c1[2H])-c1c([2H])c([2H])c([2H])c([2H])c1C2.[Ir+3].[Ir].[Ir].[c-]1ccccc1-c1ccccn1.[c-]1ccccc1-c1ccccn1.[c-]1ccccc1N1C=CN(c2ccccc2)[CH-]1.c1ccc(-c2ccc3c(c2)-c2cccc[n+]2C3)cc1. The maximum Gasteiger partial charge on any atom is 3.00 e. The van der Waals surface area contributed by atoms with Crippen molar-refractivity contribution in [3.05, 3.63) is 449 Å². The molecule has 0 unspecified atom stereocenters. The van der Waals surface area contributed by atoms with Gasteiger partial charge in [-0.2, -0.15) is 39.5 Å². The molecule has 19 rings (SSSR count). The van der Waals surface area contributed by atoms with Crippen LogP contribution in [0.3, 0.4) is 0 Å². The van der Waals surface area contributed by atoms with Crippen molar-refractivity contribution in [1.29, 1.82) is 0 Å². The van der Waals surface area contributed by atoms with E-state index in [1.807, 2.05) is 237 Å².